The van der Waals surface area contributed by atoms with Crippen molar-refractivity contribution in [3.63, 3.8) is 0 Å². The highest BCUT2D eigenvalue weighted by Crippen LogP contribution is 2.21. The lowest BCUT2D eigenvalue weighted by molar-refractivity contribution is -0.113. The largest absolute Gasteiger partial charge is 0.349 e. The van der Waals surface area contributed by atoms with Crippen LogP contribution in [-0.2, 0) is 17.8 Å². The summed E-state index contributed by atoms with van der Waals surface area (Å²) in [7, 11) is 0. The average Bonchev–Trinajstić information content (AvgIpc) is 3.47. The molecule has 1 fully saturated rings. The highest BCUT2D eigenvalue weighted by Gasteiger charge is 2.18. The predicted molar refractivity (Wildman–Crippen MR) is 156 cm³/mol. The van der Waals surface area contributed by atoms with E-state index < -0.39 is 0 Å². The fourth-order valence-electron chi connectivity index (χ4n) is 4.83. The lowest BCUT2D eigenvalue weighted by Gasteiger charge is -2.14. The number of fused-ring (bicyclic) bond motifs is 1. The van der Waals surface area contributed by atoms with Crippen molar-refractivity contribution < 1.29 is 9.59 Å². The number of hydrogen-bond donors (Lipinski definition) is 2. The Morgan fingerprint density at radius 3 is 2.36 bits per heavy atom. The molecule has 200 valence electrons. The van der Waals surface area contributed by atoms with Crippen molar-refractivity contribution >= 4 is 40.2 Å². The van der Waals surface area contributed by atoms with Gasteiger partial charge in [-0.15, -0.1) is 0 Å². The molecular weight excluding hydrogens is 508 g/mol. The topological polar surface area (TPSA) is 93.1 Å². The van der Waals surface area contributed by atoms with Crippen LogP contribution in [0.1, 0.15) is 54.1 Å². The van der Waals surface area contributed by atoms with Gasteiger partial charge in [-0.05, 0) is 66.8 Å². The Labute approximate surface area is 232 Å². The molecule has 8 heteroatoms. The molecule has 7 nitrogen and oxygen atoms in total. The maximum Gasteiger partial charge on any atom is 0.262 e. The number of anilines is 1. The van der Waals surface area contributed by atoms with Crippen molar-refractivity contribution in [1.29, 1.82) is 0 Å². The smallest absolute Gasteiger partial charge is 0.262 e. The molecule has 0 atom stereocenters. The summed E-state index contributed by atoms with van der Waals surface area (Å²) in [5.41, 5.74) is 3.84. The van der Waals surface area contributed by atoms with Gasteiger partial charge in [0.05, 0.1) is 23.2 Å². The zero-order valence-corrected chi connectivity index (χ0v) is 22.8. The zero-order valence-electron chi connectivity index (χ0n) is 22.0. The summed E-state index contributed by atoms with van der Waals surface area (Å²) < 4.78 is 1.60. The van der Waals surface area contributed by atoms with E-state index in [1.807, 2.05) is 48.5 Å². The summed E-state index contributed by atoms with van der Waals surface area (Å²) in [6.45, 7) is 2.37. The maximum atomic E-state index is 13.5. The summed E-state index contributed by atoms with van der Waals surface area (Å²) in [4.78, 5) is 43.5. The van der Waals surface area contributed by atoms with Crippen molar-refractivity contribution in [3.05, 3.63) is 99.8 Å². The number of thioether (sulfide) groups is 1. The van der Waals surface area contributed by atoms with E-state index in [4.69, 9.17) is 4.98 Å². The van der Waals surface area contributed by atoms with Crippen LogP contribution in [0.3, 0.4) is 0 Å². The van der Waals surface area contributed by atoms with E-state index in [2.05, 4.69) is 17.6 Å². The Bertz CT molecular complexity index is 1520. The number of aryl methyl sites for hydroxylation is 1. The van der Waals surface area contributed by atoms with Gasteiger partial charge in [0, 0.05) is 17.3 Å². The molecule has 1 heterocycles. The van der Waals surface area contributed by atoms with Crippen LogP contribution in [0.25, 0.3) is 10.9 Å². The number of aromatic nitrogens is 2. The van der Waals surface area contributed by atoms with E-state index in [1.54, 1.807) is 28.8 Å². The van der Waals surface area contributed by atoms with Gasteiger partial charge in [-0.25, -0.2) is 4.98 Å². The summed E-state index contributed by atoms with van der Waals surface area (Å²) in [6, 6.07) is 22.6. The van der Waals surface area contributed by atoms with Gasteiger partial charge < -0.3 is 10.6 Å². The highest BCUT2D eigenvalue weighted by atomic mass is 32.2. The quantitative estimate of drug-likeness (QED) is 0.219. The van der Waals surface area contributed by atoms with Crippen molar-refractivity contribution in [3.8, 4) is 0 Å². The van der Waals surface area contributed by atoms with E-state index in [9.17, 15) is 14.4 Å². The van der Waals surface area contributed by atoms with Gasteiger partial charge in [-0.3, -0.25) is 19.0 Å². The van der Waals surface area contributed by atoms with E-state index >= 15 is 0 Å². The molecule has 39 heavy (non-hydrogen) atoms. The molecule has 0 aliphatic heterocycles. The van der Waals surface area contributed by atoms with Gasteiger partial charge >= 0.3 is 0 Å². The van der Waals surface area contributed by atoms with Gasteiger partial charge in [0.1, 0.15) is 0 Å². The van der Waals surface area contributed by atoms with E-state index in [1.165, 1.54) is 17.3 Å². The molecule has 0 saturated heterocycles. The fraction of sp³-hybridized carbons (Fsp3) is 0.290. The molecule has 3 aromatic carbocycles. The van der Waals surface area contributed by atoms with Crippen molar-refractivity contribution in [2.75, 3.05) is 11.1 Å². The number of nitrogens with one attached hydrogen (secondary N) is 2. The second kappa shape index (κ2) is 12.3. The number of nitrogens with zero attached hydrogens (tertiary/aromatic N) is 2. The van der Waals surface area contributed by atoms with Crippen molar-refractivity contribution in [2.45, 2.75) is 56.8 Å². The number of hydrogen-bond acceptors (Lipinski definition) is 5. The molecule has 4 aromatic rings. The SMILES string of the molecule is CCc1ccc(NC(=O)CSc2nc3ccccc3c(=O)n2Cc2ccc(C(=O)NC3CCCC3)cc2)cc1. The fourth-order valence-corrected chi connectivity index (χ4v) is 5.63. The number of carbonyl (C=O) groups is 2. The molecule has 2 N–H and O–H groups in total. The molecule has 5 rings (SSSR count). The van der Waals surface area contributed by atoms with Crippen LogP contribution in [0.4, 0.5) is 5.69 Å². The van der Waals surface area contributed by atoms with E-state index in [-0.39, 0.29) is 35.7 Å². The van der Waals surface area contributed by atoms with Crippen LogP contribution in [0, 0.1) is 0 Å². The van der Waals surface area contributed by atoms with Crippen LogP contribution in [0.15, 0.2) is 82.7 Å². The monoisotopic (exact) mass is 540 g/mol. The van der Waals surface area contributed by atoms with Crippen LogP contribution >= 0.6 is 11.8 Å². The van der Waals surface area contributed by atoms with Gasteiger partial charge in [0.25, 0.3) is 11.5 Å². The third kappa shape index (κ3) is 6.57. The Hall–Kier alpha value is -3.91. The Kier molecular flexibility index (Phi) is 8.42. The van der Waals surface area contributed by atoms with Crippen molar-refractivity contribution in [2.24, 2.45) is 0 Å². The van der Waals surface area contributed by atoms with E-state index in [0.717, 1.165) is 43.4 Å². The van der Waals surface area contributed by atoms with Crippen LogP contribution < -0.4 is 16.2 Å². The standard InChI is InChI=1S/C31H32N4O3S/c1-2-21-13-17-25(18-14-21)32-28(36)20-39-31-34-27-10-6-5-9-26(27)30(38)35(31)19-22-11-15-23(16-12-22)29(37)33-24-7-3-4-8-24/h5-6,9-18,24H,2-4,7-8,19-20H2,1H3,(H,32,36)(H,33,37). The molecule has 0 unspecified atom stereocenters. The molecule has 1 aliphatic rings. The molecule has 1 saturated carbocycles. The van der Waals surface area contributed by atoms with E-state index in [0.29, 0.717) is 21.6 Å². The minimum Gasteiger partial charge on any atom is -0.349 e. The predicted octanol–water partition coefficient (Wildman–Crippen LogP) is 5.41. The number of rotatable bonds is 9. The lowest BCUT2D eigenvalue weighted by Crippen LogP contribution is -2.32. The lowest BCUT2D eigenvalue weighted by atomic mass is 10.1. The summed E-state index contributed by atoms with van der Waals surface area (Å²) in [5.74, 6) is -0.124. The first-order chi connectivity index (χ1) is 19.0. The Morgan fingerprint density at radius 2 is 1.64 bits per heavy atom. The molecule has 2 amide bonds. The Balaban J connectivity index is 1.32. The first-order valence-electron chi connectivity index (χ1n) is 13.4. The van der Waals surface area contributed by atoms with Gasteiger partial charge in [0.2, 0.25) is 5.91 Å². The van der Waals surface area contributed by atoms with Crippen LogP contribution in [-0.4, -0.2) is 33.2 Å². The van der Waals surface area contributed by atoms with Crippen LogP contribution in [0.2, 0.25) is 0 Å². The third-order valence-corrected chi connectivity index (χ3v) is 8.03. The second-order valence-corrected chi connectivity index (χ2v) is 10.8. The third-order valence-electron chi connectivity index (χ3n) is 7.05. The first kappa shape index (κ1) is 26.7. The highest BCUT2D eigenvalue weighted by molar-refractivity contribution is 7.99. The van der Waals surface area contributed by atoms with Gasteiger partial charge in [-0.1, -0.05) is 67.9 Å². The normalized spacial score (nSPS) is 13.5. The zero-order chi connectivity index (χ0) is 27.2. The molecule has 0 bridgehead atoms. The van der Waals surface area contributed by atoms with Gasteiger partial charge in [0.15, 0.2) is 5.16 Å². The Morgan fingerprint density at radius 1 is 0.949 bits per heavy atom. The molecular formula is C31H32N4O3S. The number of amides is 2. The number of carbonyl (C=O) groups excluding carboxylic acids is 2. The first-order valence-corrected chi connectivity index (χ1v) is 14.4. The van der Waals surface area contributed by atoms with Gasteiger partial charge in [-0.2, -0.15) is 0 Å². The summed E-state index contributed by atoms with van der Waals surface area (Å²) >= 11 is 1.23. The molecule has 1 aromatic heterocycles. The number of para-hydroxylation sites is 1. The molecule has 1 aliphatic carbocycles. The summed E-state index contributed by atoms with van der Waals surface area (Å²) in [6.07, 6.45) is 5.32. The number of benzene rings is 3. The van der Waals surface area contributed by atoms with Crippen LogP contribution in [0.5, 0.6) is 0 Å². The van der Waals surface area contributed by atoms with Crippen molar-refractivity contribution in [1.82, 2.24) is 14.9 Å². The minimum atomic E-state index is -0.171. The maximum absolute atomic E-state index is 13.5. The average molecular weight is 541 g/mol. The summed E-state index contributed by atoms with van der Waals surface area (Å²) in [5, 5.41) is 7.02. The minimum absolute atomic E-state index is 0.0652. The molecule has 0 spiro atoms. The second-order valence-electron chi connectivity index (χ2n) is 9.84. The molecule has 0 radical (unpaired) electrons.